The molecule has 2 heterocycles. The van der Waals surface area contributed by atoms with E-state index in [4.69, 9.17) is 4.74 Å². The van der Waals surface area contributed by atoms with E-state index in [-0.39, 0.29) is 30.4 Å². The number of H-pyrrole nitrogens is 1. The number of anilines is 1. The molecule has 9 heteroatoms. The van der Waals surface area contributed by atoms with Crippen LogP contribution >= 0.6 is 0 Å². The molecule has 156 valence electrons. The number of aromatic nitrogens is 4. The molecule has 1 atom stereocenters. The number of fused-ring (bicyclic) bond motifs is 1. The number of rotatable bonds is 8. The molecular weight excluding hydrogens is 374 g/mol. The summed E-state index contributed by atoms with van der Waals surface area (Å²) in [6.45, 7) is 6.49. The number of hydrogen-bond acceptors (Lipinski definition) is 6. The van der Waals surface area contributed by atoms with E-state index in [1.165, 1.54) is 4.57 Å². The van der Waals surface area contributed by atoms with Crippen LogP contribution in [0, 0.1) is 6.92 Å². The van der Waals surface area contributed by atoms with Crippen LogP contribution in [-0.2, 0) is 24.9 Å². The van der Waals surface area contributed by atoms with Crippen LogP contribution in [0.3, 0.4) is 0 Å². The summed E-state index contributed by atoms with van der Waals surface area (Å²) in [5, 5.41) is 13.6. The van der Waals surface area contributed by atoms with Crippen LogP contribution in [0.5, 0.6) is 0 Å². The molecule has 0 fully saturated rings. The van der Waals surface area contributed by atoms with Gasteiger partial charge in [0.1, 0.15) is 0 Å². The summed E-state index contributed by atoms with van der Waals surface area (Å²) >= 11 is 0. The van der Waals surface area contributed by atoms with E-state index in [1.807, 2.05) is 45.0 Å². The third-order valence-corrected chi connectivity index (χ3v) is 4.59. The van der Waals surface area contributed by atoms with Crippen molar-refractivity contribution in [3.8, 4) is 0 Å². The summed E-state index contributed by atoms with van der Waals surface area (Å²) in [7, 11) is 1.54. The van der Waals surface area contributed by atoms with E-state index in [0.717, 1.165) is 11.1 Å². The van der Waals surface area contributed by atoms with Gasteiger partial charge in [0.15, 0.2) is 11.2 Å². The first-order valence-electron chi connectivity index (χ1n) is 9.55. The number of benzene rings is 1. The molecule has 0 aliphatic heterocycles. The van der Waals surface area contributed by atoms with Crippen LogP contribution in [-0.4, -0.2) is 43.0 Å². The van der Waals surface area contributed by atoms with Crippen molar-refractivity contribution >= 4 is 17.1 Å². The second-order valence-electron chi connectivity index (χ2n) is 7.41. The number of nitrogens with zero attached hydrogens (tertiary/aromatic N) is 3. The Morgan fingerprint density at radius 3 is 2.59 bits per heavy atom. The largest absolute Gasteiger partial charge is 0.389 e. The maximum Gasteiger partial charge on any atom is 0.329 e. The van der Waals surface area contributed by atoms with Gasteiger partial charge in [-0.05, 0) is 26.3 Å². The standard InChI is InChI=1S/C20H27N5O4/c1-12(2)29-11-15(26)10-25-16-17(24(4)20(28)23-18(16)27)22-19(25)21-9-14-7-5-13(3)6-8-14/h5-8,12,15,26H,9-11H2,1-4H3,(H,21,22)(H,23,27,28). The quantitative estimate of drug-likeness (QED) is 0.521. The normalized spacial score (nSPS) is 12.6. The minimum absolute atomic E-state index is 0.0208. The van der Waals surface area contributed by atoms with Crippen molar-refractivity contribution in [3.05, 3.63) is 56.2 Å². The molecule has 1 aromatic carbocycles. The summed E-state index contributed by atoms with van der Waals surface area (Å²) in [4.78, 5) is 31.2. The fourth-order valence-electron chi connectivity index (χ4n) is 3.00. The van der Waals surface area contributed by atoms with Gasteiger partial charge in [-0.15, -0.1) is 0 Å². The van der Waals surface area contributed by atoms with Gasteiger partial charge in [-0.25, -0.2) is 4.79 Å². The Morgan fingerprint density at radius 2 is 1.93 bits per heavy atom. The smallest absolute Gasteiger partial charge is 0.329 e. The zero-order valence-corrected chi connectivity index (χ0v) is 17.1. The molecule has 3 rings (SSSR count). The molecule has 3 N–H and O–H groups in total. The molecule has 0 saturated heterocycles. The molecule has 9 nitrogen and oxygen atoms in total. The molecule has 1 unspecified atom stereocenters. The van der Waals surface area contributed by atoms with E-state index in [0.29, 0.717) is 12.5 Å². The average Bonchev–Trinajstić information content (AvgIpc) is 3.03. The number of hydrogen-bond donors (Lipinski definition) is 3. The Bertz CT molecular complexity index is 1090. The number of aryl methyl sites for hydroxylation is 2. The highest BCUT2D eigenvalue weighted by Crippen LogP contribution is 2.17. The lowest BCUT2D eigenvalue weighted by Crippen LogP contribution is -2.30. The zero-order valence-electron chi connectivity index (χ0n) is 17.1. The molecule has 0 radical (unpaired) electrons. The first-order chi connectivity index (χ1) is 13.8. The van der Waals surface area contributed by atoms with Crippen molar-refractivity contribution in [3.63, 3.8) is 0 Å². The highest BCUT2D eigenvalue weighted by molar-refractivity contribution is 5.74. The molecule has 0 aliphatic rings. The number of imidazole rings is 1. The van der Waals surface area contributed by atoms with E-state index in [9.17, 15) is 14.7 Å². The summed E-state index contributed by atoms with van der Waals surface area (Å²) in [6.07, 6.45) is -0.862. The van der Waals surface area contributed by atoms with Crippen LogP contribution in [0.25, 0.3) is 11.2 Å². The predicted octanol–water partition coefficient (Wildman–Crippen LogP) is 1.13. The van der Waals surface area contributed by atoms with Gasteiger partial charge < -0.3 is 19.7 Å². The topological polar surface area (TPSA) is 114 Å². The Kier molecular flexibility index (Phi) is 6.19. The number of nitrogens with one attached hydrogen (secondary N) is 2. The van der Waals surface area contributed by atoms with Gasteiger partial charge in [0.25, 0.3) is 5.56 Å². The molecule has 0 saturated carbocycles. The molecular formula is C20H27N5O4. The zero-order chi connectivity index (χ0) is 21.1. The Balaban J connectivity index is 1.96. The van der Waals surface area contributed by atoms with Crippen LogP contribution in [0.15, 0.2) is 33.9 Å². The van der Waals surface area contributed by atoms with Crippen LogP contribution < -0.4 is 16.6 Å². The number of ether oxygens (including phenoxy) is 1. The third-order valence-electron chi connectivity index (χ3n) is 4.59. The molecule has 0 amide bonds. The summed E-state index contributed by atoms with van der Waals surface area (Å²) in [5.41, 5.74) is 1.60. The van der Waals surface area contributed by atoms with E-state index in [1.54, 1.807) is 11.6 Å². The van der Waals surface area contributed by atoms with Gasteiger partial charge in [-0.2, -0.15) is 4.98 Å². The first kappa shape index (κ1) is 20.8. The minimum Gasteiger partial charge on any atom is -0.389 e. The first-order valence-corrected chi connectivity index (χ1v) is 9.55. The van der Waals surface area contributed by atoms with Crippen LogP contribution in [0.1, 0.15) is 25.0 Å². The van der Waals surface area contributed by atoms with Gasteiger partial charge in [0.2, 0.25) is 5.95 Å². The second kappa shape index (κ2) is 8.62. The van der Waals surface area contributed by atoms with E-state index in [2.05, 4.69) is 15.3 Å². The SMILES string of the molecule is Cc1ccc(CNc2nc3c(c(=O)[nH]c(=O)n3C)n2CC(O)COC(C)C)cc1. The van der Waals surface area contributed by atoms with Crippen molar-refractivity contribution in [2.75, 3.05) is 11.9 Å². The lowest BCUT2D eigenvalue weighted by Gasteiger charge is -2.16. The van der Waals surface area contributed by atoms with E-state index < -0.39 is 17.4 Å². The minimum atomic E-state index is -0.841. The van der Waals surface area contributed by atoms with Gasteiger partial charge in [0.05, 0.1) is 25.4 Å². The van der Waals surface area contributed by atoms with E-state index >= 15 is 0 Å². The molecule has 0 aliphatic carbocycles. The summed E-state index contributed by atoms with van der Waals surface area (Å²) < 4.78 is 8.35. The number of aliphatic hydroxyl groups is 1. The highest BCUT2D eigenvalue weighted by Gasteiger charge is 2.19. The molecule has 0 spiro atoms. The fraction of sp³-hybridized carbons (Fsp3) is 0.450. The van der Waals surface area contributed by atoms with Crippen molar-refractivity contribution < 1.29 is 9.84 Å². The highest BCUT2D eigenvalue weighted by atomic mass is 16.5. The lowest BCUT2D eigenvalue weighted by molar-refractivity contribution is -0.000108. The molecule has 29 heavy (non-hydrogen) atoms. The van der Waals surface area contributed by atoms with Crippen LogP contribution in [0.2, 0.25) is 0 Å². The molecule has 2 aromatic heterocycles. The van der Waals surface area contributed by atoms with Gasteiger partial charge in [0, 0.05) is 13.6 Å². The third kappa shape index (κ3) is 4.75. The molecule has 3 aromatic rings. The monoisotopic (exact) mass is 401 g/mol. The number of aliphatic hydroxyl groups excluding tert-OH is 1. The summed E-state index contributed by atoms with van der Waals surface area (Å²) in [6, 6.07) is 8.04. The second-order valence-corrected chi connectivity index (χ2v) is 7.41. The van der Waals surface area contributed by atoms with Gasteiger partial charge in [-0.1, -0.05) is 29.8 Å². The Hall–Kier alpha value is -2.91. The molecule has 0 bridgehead atoms. The maximum atomic E-state index is 12.5. The lowest BCUT2D eigenvalue weighted by atomic mass is 10.1. The fourth-order valence-corrected chi connectivity index (χ4v) is 3.00. The van der Waals surface area contributed by atoms with Gasteiger partial charge >= 0.3 is 5.69 Å². The number of aromatic amines is 1. The maximum absolute atomic E-state index is 12.5. The van der Waals surface area contributed by atoms with Crippen LogP contribution in [0.4, 0.5) is 5.95 Å². The Labute approximate surface area is 168 Å². The summed E-state index contributed by atoms with van der Waals surface area (Å²) in [5.74, 6) is 0.399. The predicted molar refractivity (Wildman–Crippen MR) is 111 cm³/mol. The Morgan fingerprint density at radius 1 is 1.24 bits per heavy atom. The van der Waals surface area contributed by atoms with Crippen molar-refractivity contribution in [1.29, 1.82) is 0 Å². The van der Waals surface area contributed by atoms with Crippen molar-refractivity contribution in [1.82, 2.24) is 19.1 Å². The average molecular weight is 401 g/mol. The van der Waals surface area contributed by atoms with Crippen molar-refractivity contribution in [2.45, 2.75) is 46.1 Å². The van der Waals surface area contributed by atoms with Crippen molar-refractivity contribution in [2.24, 2.45) is 7.05 Å². The van der Waals surface area contributed by atoms with Gasteiger partial charge in [-0.3, -0.25) is 14.3 Å².